The SMILES string of the molecule is CCc1cccc(NC(N)=NCc2ccc(N3CCC(C)CC3)nc2)c1. The summed E-state index contributed by atoms with van der Waals surface area (Å²) in [6.45, 7) is 7.18. The summed E-state index contributed by atoms with van der Waals surface area (Å²) in [5.41, 5.74) is 9.32. The molecule has 1 aromatic heterocycles. The number of rotatable bonds is 5. The molecule has 138 valence electrons. The number of piperidine rings is 1. The Bertz CT molecular complexity index is 730. The van der Waals surface area contributed by atoms with Gasteiger partial charge in [-0.1, -0.05) is 32.0 Å². The van der Waals surface area contributed by atoms with E-state index in [9.17, 15) is 0 Å². The summed E-state index contributed by atoms with van der Waals surface area (Å²) in [7, 11) is 0. The molecule has 5 heteroatoms. The fourth-order valence-corrected chi connectivity index (χ4v) is 3.17. The smallest absolute Gasteiger partial charge is 0.193 e. The number of anilines is 2. The maximum Gasteiger partial charge on any atom is 0.193 e. The average molecular weight is 351 g/mol. The zero-order chi connectivity index (χ0) is 18.4. The first-order chi connectivity index (χ1) is 12.6. The van der Waals surface area contributed by atoms with E-state index in [1.165, 1.54) is 18.4 Å². The largest absolute Gasteiger partial charge is 0.370 e. The first-order valence-electron chi connectivity index (χ1n) is 9.50. The number of pyridine rings is 1. The third-order valence-corrected chi connectivity index (χ3v) is 4.96. The Labute approximate surface area is 156 Å². The van der Waals surface area contributed by atoms with Gasteiger partial charge in [0.15, 0.2) is 5.96 Å². The molecule has 1 aliphatic heterocycles. The highest BCUT2D eigenvalue weighted by atomic mass is 15.2. The Morgan fingerprint density at radius 1 is 1.23 bits per heavy atom. The number of aryl methyl sites for hydroxylation is 1. The fourth-order valence-electron chi connectivity index (χ4n) is 3.17. The van der Waals surface area contributed by atoms with Crippen LogP contribution in [0.5, 0.6) is 0 Å². The molecule has 0 aliphatic carbocycles. The first-order valence-corrected chi connectivity index (χ1v) is 9.50. The zero-order valence-corrected chi connectivity index (χ0v) is 15.8. The number of aliphatic imine (C=N–C) groups is 1. The highest BCUT2D eigenvalue weighted by Crippen LogP contribution is 2.21. The number of nitrogens with one attached hydrogen (secondary N) is 1. The molecule has 3 rings (SSSR count). The molecule has 0 amide bonds. The number of aromatic nitrogens is 1. The lowest BCUT2D eigenvalue weighted by Crippen LogP contribution is -2.33. The molecule has 2 aromatic rings. The Morgan fingerprint density at radius 3 is 2.73 bits per heavy atom. The van der Waals surface area contributed by atoms with Crippen LogP contribution in [0.2, 0.25) is 0 Å². The maximum absolute atomic E-state index is 6.02. The van der Waals surface area contributed by atoms with Gasteiger partial charge in [0.1, 0.15) is 5.82 Å². The predicted octanol–water partition coefficient (Wildman–Crippen LogP) is 3.81. The predicted molar refractivity (Wildman–Crippen MR) is 110 cm³/mol. The normalized spacial score (nSPS) is 15.9. The Hall–Kier alpha value is -2.56. The van der Waals surface area contributed by atoms with Crippen molar-refractivity contribution in [3.8, 4) is 0 Å². The van der Waals surface area contributed by atoms with E-state index < -0.39 is 0 Å². The summed E-state index contributed by atoms with van der Waals surface area (Å²) in [4.78, 5) is 11.4. The lowest BCUT2D eigenvalue weighted by atomic mass is 9.99. The zero-order valence-electron chi connectivity index (χ0n) is 15.8. The van der Waals surface area contributed by atoms with Gasteiger partial charge in [-0.25, -0.2) is 9.98 Å². The van der Waals surface area contributed by atoms with Crippen LogP contribution in [0, 0.1) is 5.92 Å². The second-order valence-corrected chi connectivity index (χ2v) is 7.07. The first kappa shape index (κ1) is 18.2. The van der Waals surface area contributed by atoms with E-state index in [0.29, 0.717) is 12.5 Å². The summed E-state index contributed by atoms with van der Waals surface area (Å²) in [6.07, 6.45) is 5.40. The van der Waals surface area contributed by atoms with Crippen molar-refractivity contribution in [3.63, 3.8) is 0 Å². The molecule has 0 bridgehead atoms. The van der Waals surface area contributed by atoms with Crippen molar-refractivity contribution in [2.24, 2.45) is 16.6 Å². The van der Waals surface area contributed by atoms with E-state index in [0.717, 1.165) is 42.5 Å². The van der Waals surface area contributed by atoms with E-state index in [2.05, 4.69) is 58.3 Å². The molecule has 2 heterocycles. The van der Waals surface area contributed by atoms with Crippen molar-refractivity contribution in [1.29, 1.82) is 0 Å². The molecule has 0 unspecified atom stereocenters. The topological polar surface area (TPSA) is 66.5 Å². The van der Waals surface area contributed by atoms with Crippen LogP contribution in [-0.2, 0) is 13.0 Å². The Balaban J connectivity index is 1.55. The van der Waals surface area contributed by atoms with Crippen molar-refractivity contribution < 1.29 is 0 Å². The molecule has 1 saturated heterocycles. The van der Waals surface area contributed by atoms with Crippen LogP contribution in [-0.4, -0.2) is 24.0 Å². The van der Waals surface area contributed by atoms with Crippen LogP contribution in [0.4, 0.5) is 11.5 Å². The molecule has 3 N–H and O–H groups in total. The minimum Gasteiger partial charge on any atom is -0.370 e. The van der Waals surface area contributed by atoms with E-state index in [4.69, 9.17) is 5.73 Å². The van der Waals surface area contributed by atoms with Gasteiger partial charge >= 0.3 is 0 Å². The highest BCUT2D eigenvalue weighted by Gasteiger charge is 2.16. The standard InChI is InChI=1S/C21H29N5/c1-3-17-5-4-6-19(13-17)25-21(22)24-15-18-7-8-20(23-14-18)26-11-9-16(2)10-12-26/h4-8,13-14,16H,3,9-12,15H2,1-2H3,(H3,22,24,25). The molecule has 5 nitrogen and oxygen atoms in total. The van der Waals surface area contributed by atoms with E-state index in [1.54, 1.807) is 0 Å². The molecule has 26 heavy (non-hydrogen) atoms. The number of hydrogen-bond donors (Lipinski definition) is 2. The lowest BCUT2D eigenvalue weighted by Gasteiger charge is -2.31. The molecular weight excluding hydrogens is 322 g/mol. The van der Waals surface area contributed by atoms with Crippen molar-refractivity contribution in [3.05, 3.63) is 53.7 Å². The molecular formula is C21H29N5. The summed E-state index contributed by atoms with van der Waals surface area (Å²) in [5, 5.41) is 3.15. The van der Waals surface area contributed by atoms with Crippen LogP contribution in [0.3, 0.4) is 0 Å². The lowest BCUT2D eigenvalue weighted by molar-refractivity contribution is 0.436. The van der Waals surface area contributed by atoms with Crippen molar-refractivity contribution in [2.45, 2.75) is 39.7 Å². The number of benzene rings is 1. The molecule has 1 aromatic carbocycles. The molecule has 0 atom stereocenters. The van der Waals surface area contributed by atoms with Crippen LogP contribution >= 0.6 is 0 Å². The second-order valence-electron chi connectivity index (χ2n) is 7.07. The summed E-state index contributed by atoms with van der Waals surface area (Å²) in [5.74, 6) is 2.31. The van der Waals surface area contributed by atoms with E-state index in [1.807, 2.05) is 18.3 Å². The fraction of sp³-hybridized carbons (Fsp3) is 0.429. The van der Waals surface area contributed by atoms with E-state index >= 15 is 0 Å². The van der Waals surface area contributed by atoms with Crippen molar-refractivity contribution in [2.75, 3.05) is 23.3 Å². The number of guanidine groups is 1. The maximum atomic E-state index is 6.02. The van der Waals surface area contributed by atoms with Crippen LogP contribution in [0.15, 0.2) is 47.6 Å². The van der Waals surface area contributed by atoms with Gasteiger partial charge in [0.25, 0.3) is 0 Å². The van der Waals surface area contributed by atoms with Gasteiger partial charge in [-0.2, -0.15) is 0 Å². The van der Waals surface area contributed by atoms with Crippen molar-refractivity contribution >= 4 is 17.5 Å². The molecule has 0 radical (unpaired) electrons. The Kier molecular flexibility index (Phi) is 6.10. The third kappa shape index (κ3) is 4.97. The van der Waals surface area contributed by atoms with Crippen LogP contribution < -0.4 is 16.0 Å². The minimum atomic E-state index is 0.423. The van der Waals surface area contributed by atoms with Crippen LogP contribution in [0.1, 0.15) is 37.8 Å². The third-order valence-electron chi connectivity index (χ3n) is 4.96. The minimum absolute atomic E-state index is 0.423. The second kappa shape index (κ2) is 8.70. The van der Waals surface area contributed by atoms with Gasteiger partial charge < -0.3 is 16.0 Å². The highest BCUT2D eigenvalue weighted by molar-refractivity contribution is 5.92. The summed E-state index contributed by atoms with van der Waals surface area (Å²) < 4.78 is 0. The molecule has 1 fully saturated rings. The van der Waals surface area contributed by atoms with Crippen molar-refractivity contribution in [1.82, 2.24) is 4.98 Å². The number of nitrogens with two attached hydrogens (primary N) is 1. The monoisotopic (exact) mass is 351 g/mol. The number of nitrogens with zero attached hydrogens (tertiary/aromatic N) is 3. The average Bonchev–Trinajstić information content (AvgIpc) is 2.67. The van der Waals surface area contributed by atoms with Gasteiger partial charge in [-0.05, 0) is 54.5 Å². The van der Waals surface area contributed by atoms with Gasteiger partial charge in [0.05, 0.1) is 6.54 Å². The molecule has 0 spiro atoms. The Morgan fingerprint density at radius 2 is 2.04 bits per heavy atom. The van der Waals surface area contributed by atoms with Gasteiger partial charge in [0.2, 0.25) is 0 Å². The van der Waals surface area contributed by atoms with Gasteiger partial charge in [-0.3, -0.25) is 0 Å². The van der Waals surface area contributed by atoms with Gasteiger partial charge in [-0.15, -0.1) is 0 Å². The van der Waals surface area contributed by atoms with Gasteiger partial charge in [0, 0.05) is 25.0 Å². The molecule has 1 aliphatic rings. The summed E-state index contributed by atoms with van der Waals surface area (Å²) in [6, 6.07) is 12.4. The van der Waals surface area contributed by atoms with E-state index in [-0.39, 0.29) is 0 Å². The quantitative estimate of drug-likeness (QED) is 0.635. The van der Waals surface area contributed by atoms with Crippen LogP contribution in [0.25, 0.3) is 0 Å². The molecule has 0 saturated carbocycles. The summed E-state index contributed by atoms with van der Waals surface area (Å²) >= 11 is 0. The number of hydrogen-bond acceptors (Lipinski definition) is 3.